The third-order valence-electron chi connectivity index (χ3n) is 4.08. The highest BCUT2D eigenvalue weighted by Gasteiger charge is 2.20. The van der Waals surface area contributed by atoms with Crippen molar-refractivity contribution in [3.8, 4) is 0 Å². The Balaban J connectivity index is 1.70. The Morgan fingerprint density at radius 3 is 3.00 bits per heavy atom. The van der Waals surface area contributed by atoms with Gasteiger partial charge in [-0.15, -0.1) is 16.4 Å². The van der Waals surface area contributed by atoms with Crippen molar-refractivity contribution in [2.75, 3.05) is 19.6 Å². The fraction of sp³-hybridized carbons (Fsp3) is 0.643. The van der Waals surface area contributed by atoms with E-state index in [-0.39, 0.29) is 0 Å². The second-order valence-electron chi connectivity index (χ2n) is 5.74. The Kier molecular flexibility index (Phi) is 4.62. The average molecular weight is 306 g/mol. The number of rotatable bonds is 6. The van der Waals surface area contributed by atoms with Crippen LogP contribution in [0.5, 0.6) is 0 Å². The number of nitrogens with one attached hydrogen (secondary N) is 1. The average Bonchev–Trinajstić information content (AvgIpc) is 3.17. The Bertz CT molecular complexity index is 529. The van der Waals surface area contributed by atoms with Crippen LogP contribution in [0, 0.1) is 12.8 Å². The van der Waals surface area contributed by atoms with E-state index in [0.29, 0.717) is 0 Å². The number of thiazole rings is 1. The summed E-state index contributed by atoms with van der Waals surface area (Å²) in [5.74, 6) is 0.736. The number of aromatic nitrogens is 4. The molecule has 0 aliphatic carbocycles. The molecule has 6 nitrogen and oxygen atoms in total. The molecule has 3 heterocycles. The summed E-state index contributed by atoms with van der Waals surface area (Å²) in [6.07, 6.45) is 3.13. The highest BCUT2D eigenvalue weighted by atomic mass is 32.1. The smallest absolute Gasteiger partial charge is 0.0798 e. The minimum Gasteiger partial charge on any atom is -0.316 e. The van der Waals surface area contributed by atoms with Crippen molar-refractivity contribution in [2.24, 2.45) is 13.0 Å². The maximum atomic E-state index is 4.37. The van der Waals surface area contributed by atoms with E-state index in [2.05, 4.69) is 32.4 Å². The zero-order valence-electron chi connectivity index (χ0n) is 12.6. The van der Waals surface area contributed by atoms with E-state index in [1.54, 1.807) is 11.3 Å². The van der Waals surface area contributed by atoms with Gasteiger partial charge in [0, 0.05) is 31.6 Å². The van der Waals surface area contributed by atoms with Gasteiger partial charge in [-0.3, -0.25) is 9.58 Å². The van der Waals surface area contributed by atoms with E-state index in [1.165, 1.54) is 11.3 Å². The molecule has 0 radical (unpaired) electrons. The Morgan fingerprint density at radius 1 is 1.48 bits per heavy atom. The number of hydrogen-bond donors (Lipinski definition) is 1. The van der Waals surface area contributed by atoms with Crippen LogP contribution in [0.25, 0.3) is 0 Å². The number of aryl methyl sites for hydroxylation is 2. The second-order valence-corrected chi connectivity index (χ2v) is 6.68. The van der Waals surface area contributed by atoms with Gasteiger partial charge in [0.2, 0.25) is 0 Å². The summed E-state index contributed by atoms with van der Waals surface area (Å²) in [5, 5.41) is 11.5. The van der Waals surface area contributed by atoms with Crippen LogP contribution < -0.4 is 5.32 Å². The Labute approximate surface area is 129 Å². The quantitative estimate of drug-likeness (QED) is 0.869. The summed E-state index contributed by atoms with van der Waals surface area (Å²) in [7, 11) is 1.95. The van der Waals surface area contributed by atoms with E-state index in [1.807, 2.05) is 23.4 Å². The molecule has 0 spiro atoms. The highest BCUT2D eigenvalue weighted by molar-refractivity contribution is 7.09. The van der Waals surface area contributed by atoms with Crippen LogP contribution in [0.3, 0.4) is 0 Å². The molecule has 1 atom stereocenters. The maximum absolute atomic E-state index is 4.37. The summed E-state index contributed by atoms with van der Waals surface area (Å²) in [5.41, 5.74) is 4.24. The monoisotopic (exact) mass is 306 g/mol. The standard InChI is InChI=1S/C14H22N6S/c1-11-14(21-10-16-11)9-20(7-12-3-4-15-5-12)8-13-6-17-18-19(13)2/h6,10,12,15H,3-5,7-9H2,1-2H3. The SMILES string of the molecule is Cc1ncsc1CN(Cc1cnnn1C)CC1CCNC1. The first kappa shape index (κ1) is 14.6. The van der Waals surface area contributed by atoms with Crippen LogP contribution in [0.1, 0.15) is 22.7 Å². The first-order chi connectivity index (χ1) is 10.2. The van der Waals surface area contributed by atoms with Gasteiger partial charge in [-0.1, -0.05) is 5.21 Å². The normalized spacial score (nSPS) is 18.7. The Morgan fingerprint density at radius 2 is 2.38 bits per heavy atom. The van der Waals surface area contributed by atoms with Crippen molar-refractivity contribution in [3.05, 3.63) is 28.0 Å². The number of hydrogen-bond acceptors (Lipinski definition) is 6. The molecule has 0 amide bonds. The van der Waals surface area contributed by atoms with E-state index in [4.69, 9.17) is 0 Å². The van der Waals surface area contributed by atoms with Crippen molar-refractivity contribution >= 4 is 11.3 Å². The first-order valence-corrected chi connectivity index (χ1v) is 8.26. The van der Waals surface area contributed by atoms with E-state index >= 15 is 0 Å². The molecule has 3 rings (SSSR count). The summed E-state index contributed by atoms with van der Waals surface area (Å²) >= 11 is 1.75. The zero-order valence-corrected chi connectivity index (χ0v) is 13.4. The predicted molar refractivity (Wildman–Crippen MR) is 82.9 cm³/mol. The van der Waals surface area contributed by atoms with Gasteiger partial charge in [-0.05, 0) is 32.4 Å². The molecule has 0 saturated carbocycles. The minimum absolute atomic E-state index is 0.736. The number of nitrogens with zero attached hydrogens (tertiary/aromatic N) is 5. The van der Waals surface area contributed by atoms with Crippen LogP contribution in [-0.2, 0) is 20.1 Å². The predicted octanol–water partition coefficient (Wildman–Crippen LogP) is 1.19. The van der Waals surface area contributed by atoms with Crippen molar-refractivity contribution in [3.63, 3.8) is 0 Å². The third kappa shape index (κ3) is 3.66. The van der Waals surface area contributed by atoms with Gasteiger partial charge in [-0.2, -0.15) is 0 Å². The van der Waals surface area contributed by atoms with Gasteiger partial charge in [0.25, 0.3) is 0 Å². The van der Waals surface area contributed by atoms with Crippen LogP contribution in [0.4, 0.5) is 0 Å². The summed E-state index contributed by atoms with van der Waals surface area (Å²) in [6.45, 7) is 7.31. The summed E-state index contributed by atoms with van der Waals surface area (Å²) in [6, 6.07) is 0. The molecule has 1 N–H and O–H groups in total. The lowest BCUT2D eigenvalue weighted by Gasteiger charge is -2.24. The molecule has 2 aromatic heterocycles. The fourth-order valence-corrected chi connectivity index (χ4v) is 3.60. The molecule has 1 fully saturated rings. The molecule has 2 aromatic rings. The second kappa shape index (κ2) is 6.64. The molecule has 114 valence electrons. The zero-order chi connectivity index (χ0) is 14.7. The highest BCUT2D eigenvalue weighted by Crippen LogP contribution is 2.19. The fourth-order valence-electron chi connectivity index (χ4n) is 2.78. The molecule has 1 unspecified atom stereocenters. The largest absolute Gasteiger partial charge is 0.316 e. The molecule has 0 bridgehead atoms. The van der Waals surface area contributed by atoms with Crippen molar-refractivity contribution in [2.45, 2.75) is 26.4 Å². The van der Waals surface area contributed by atoms with Crippen LogP contribution in [-0.4, -0.2) is 44.5 Å². The Hall–Kier alpha value is -1.31. The molecule has 21 heavy (non-hydrogen) atoms. The lowest BCUT2D eigenvalue weighted by atomic mass is 10.1. The van der Waals surface area contributed by atoms with Gasteiger partial charge < -0.3 is 5.32 Å². The molecule has 1 aliphatic heterocycles. The molecule has 0 aromatic carbocycles. The lowest BCUT2D eigenvalue weighted by Crippen LogP contribution is -2.30. The van der Waals surface area contributed by atoms with Gasteiger partial charge >= 0.3 is 0 Å². The van der Waals surface area contributed by atoms with Gasteiger partial charge in [0.05, 0.1) is 23.1 Å². The maximum Gasteiger partial charge on any atom is 0.0798 e. The van der Waals surface area contributed by atoms with Gasteiger partial charge in [0.1, 0.15) is 0 Å². The topological polar surface area (TPSA) is 58.9 Å². The summed E-state index contributed by atoms with van der Waals surface area (Å²) in [4.78, 5) is 8.22. The van der Waals surface area contributed by atoms with Crippen LogP contribution in [0.15, 0.2) is 11.7 Å². The third-order valence-corrected chi connectivity index (χ3v) is 5.00. The van der Waals surface area contributed by atoms with E-state index in [0.717, 1.165) is 50.0 Å². The molecule has 1 aliphatic rings. The van der Waals surface area contributed by atoms with Crippen molar-refractivity contribution in [1.82, 2.24) is 30.2 Å². The molecule has 7 heteroatoms. The minimum atomic E-state index is 0.736. The van der Waals surface area contributed by atoms with Gasteiger partial charge in [-0.25, -0.2) is 4.98 Å². The van der Waals surface area contributed by atoms with Crippen molar-refractivity contribution in [1.29, 1.82) is 0 Å². The van der Waals surface area contributed by atoms with Gasteiger partial charge in [0.15, 0.2) is 0 Å². The molecular formula is C14H22N6S. The van der Waals surface area contributed by atoms with E-state index < -0.39 is 0 Å². The van der Waals surface area contributed by atoms with Crippen molar-refractivity contribution < 1.29 is 0 Å². The van der Waals surface area contributed by atoms with Crippen LogP contribution in [0.2, 0.25) is 0 Å². The molecule has 1 saturated heterocycles. The van der Waals surface area contributed by atoms with Crippen LogP contribution >= 0.6 is 11.3 Å². The van der Waals surface area contributed by atoms with E-state index in [9.17, 15) is 0 Å². The summed E-state index contributed by atoms with van der Waals surface area (Å²) < 4.78 is 1.86. The molecular weight excluding hydrogens is 284 g/mol. The lowest BCUT2D eigenvalue weighted by molar-refractivity contribution is 0.217. The first-order valence-electron chi connectivity index (χ1n) is 7.38.